The second kappa shape index (κ2) is 7.13. The number of halogens is 1. The van der Waals surface area contributed by atoms with Gasteiger partial charge in [0.05, 0.1) is 6.26 Å². The van der Waals surface area contributed by atoms with Gasteiger partial charge >= 0.3 is 0 Å². The van der Waals surface area contributed by atoms with Gasteiger partial charge in [-0.25, -0.2) is 4.98 Å². The van der Waals surface area contributed by atoms with Crippen molar-refractivity contribution in [1.82, 2.24) is 4.98 Å². The van der Waals surface area contributed by atoms with Crippen LogP contribution >= 0.6 is 11.6 Å². The minimum Gasteiger partial charge on any atom is -0.465 e. The van der Waals surface area contributed by atoms with Gasteiger partial charge < -0.3 is 14.2 Å². The molecule has 27 heavy (non-hydrogen) atoms. The van der Waals surface area contributed by atoms with Gasteiger partial charge in [0.25, 0.3) is 0 Å². The highest BCUT2D eigenvalue weighted by atomic mass is 35.5. The Bertz CT molecular complexity index is 1140. The summed E-state index contributed by atoms with van der Waals surface area (Å²) in [5.41, 5.74) is 3.71. The number of nitrogens with one attached hydrogen (secondary N) is 1. The van der Waals surface area contributed by atoms with E-state index in [0.717, 1.165) is 11.1 Å². The van der Waals surface area contributed by atoms with Gasteiger partial charge in [-0.1, -0.05) is 17.7 Å². The Kier molecular flexibility index (Phi) is 4.52. The van der Waals surface area contributed by atoms with Gasteiger partial charge in [-0.2, -0.15) is 0 Å². The zero-order valence-corrected chi connectivity index (χ0v) is 15.2. The third-order valence-electron chi connectivity index (χ3n) is 4.03. The number of rotatable bonds is 4. The first-order chi connectivity index (χ1) is 13.1. The molecule has 2 aromatic carbocycles. The van der Waals surface area contributed by atoms with Crippen LogP contribution in [0.4, 0.5) is 5.69 Å². The third-order valence-corrected chi connectivity index (χ3v) is 4.27. The number of benzene rings is 2. The topological polar surface area (TPSA) is 68.3 Å². The molecule has 0 spiro atoms. The fourth-order valence-electron chi connectivity index (χ4n) is 2.63. The molecular formula is C21H15ClN2O3. The molecule has 0 bridgehead atoms. The fraction of sp³-hybridized carbons (Fsp3) is 0.0476. The molecule has 0 aliphatic carbocycles. The minimum atomic E-state index is -0.254. The monoisotopic (exact) mass is 378 g/mol. The summed E-state index contributed by atoms with van der Waals surface area (Å²) in [7, 11) is 0. The van der Waals surface area contributed by atoms with Crippen molar-refractivity contribution in [3.63, 3.8) is 0 Å². The number of oxazole rings is 1. The summed E-state index contributed by atoms with van der Waals surface area (Å²) in [6, 6.07) is 14.5. The number of hydrogen-bond donors (Lipinski definition) is 1. The van der Waals surface area contributed by atoms with E-state index in [2.05, 4.69) is 10.3 Å². The van der Waals surface area contributed by atoms with Crippen LogP contribution in [0.1, 0.15) is 11.3 Å². The zero-order chi connectivity index (χ0) is 18.8. The van der Waals surface area contributed by atoms with Gasteiger partial charge in [0.1, 0.15) is 11.3 Å². The molecule has 0 unspecified atom stereocenters. The number of amides is 1. The Hall–Kier alpha value is -3.31. The van der Waals surface area contributed by atoms with E-state index in [1.165, 1.54) is 6.08 Å². The number of aromatic nitrogens is 1. The molecule has 134 valence electrons. The molecule has 0 radical (unpaired) electrons. The number of nitrogens with zero attached hydrogens (tertiary/aromatic N) is 1. The maximum atomic E-state index is 12.2. The number of aryl methyl sites for hydroxylation is 1. The fourth-order valence-corrected chi connectivity index (χ4v) is 2.80. The highest BCUT2D eigenvalue weighted by Crippen LogP contribution is 2.29. The van der Waals surface area contributed by atoms with Crippen LogP contribution in [0.5, 0.6) is 0 Å². The minimum absolute atomic E-state index is 0.254. The van der Waals surface area contributed by atoms with E-state index in [0.29, 0.717) is 33.5 Å². The Morgan fingerprint density at radius 1 is 1.19 bits per heavy atom. The second-order valence-corrected chi connectivity index (χ2v) is 6.44. The standard InChI is InChI=1S/C21H15ClN2O3/c1-13-4-5-14(21-24-18-12-15(22)6-8-19(18)27-21)11-17(13)23-20(25)9-7-16-3-2-10-26-16/h2-12H,1H3,(H,23,25)/b9-7-. The summed E-state index contributed by atoms with van der Waals surface area (Å²) < 4.78 is 11.0. The van der Waals surface area contributed by atoms with Crippen molar-refractivity contribution in [2.75, 3.05) is 5.32 Å². The van der Waals surface area contributed by atoms with Gasteiger partial charge in [-0.3, -0.25) is 4.79 Å². The van der Waals surface area contributed by atoms with Crippen molar-refractivity contribution in [1.29, 1.82) is 0 Å². The maximum Gasteiger partial charge on any atom is 0.248 e. The number of anilines is 1. The molecule has 1 N–H and O–H groups in total. The zero-order valence-electron chi connectivity index (χ0n) is 14.4. The van der Waals surface area contributed by atoms with Crippen LogP contribution in [0.15, 0.2) is 69.7 Å². The van der Waals surface area contributed by atoms with Crippen molar-refractivity contribution < 1.29 is 13.6 Å². The van der Waals surface area contributed by atoms with Crippen molar-refractivity contribution in [2.24, 2.45) is 0 Å². The molecule has 0 saturated carbocycles. The molecule has 1 amide bonds. The molecule has 0 aliphatic rings. The molecule has 0 atom stereocenters. The number of carbonyl (C=O) groups excluding carboxylic acids is 1. The first kappa shape index (κ1) is 17.1. The Labute approximate surface area is 160 Å². The van der Waals surface area contributed by atoms with Crippen molar-refractivity contribution >= 4 is 40.4 Å². The molecule has 0 aliphatic heterocycles. The van der Waals surface area contributed by atoms with E-state index in [-0.39, 0.29) is 5.91 Å². The van der Waals surface area contributed by atoms with Crippen molar-refractivity contribution in [3.8, 4) is 11.5 Å². The molecule has 0 saturated heterocycles. The van der Waals surface area contributed by atoms with E-state index in [4.69, 9.17) is 20.4 Å². The summed E-state index contributed by atoms with van der Waals surface area (Å²) in [5, 5.41) is 3.47. The lowest BCUT2D eigenvalue weighted by atomic mass is 10.1. The highest BCUT2D eigenvalue weighted by Gasteiger charge is 2.11. The summed E-state index contributed by atoms with van der Waals surface area (Å²) in [5.74, 6) is 0.825. The summed E-state index contributed by atoms with van der Waals surface area (Å²) in [6.07, 6.45) is 4.59. The van der Waals surface area contributed by atoms with Crippen LogP contribution in [0.3, 0.4) is 0 Å². The number of carbonyl (C=O) groups is 1. The SMILES string of the molecule is Cc1ccc(-c2nc3cc(Cl)ccc3o2)cc1NC(=O)/C=C\c1ccco1. The van der Waals surface area contributed by atoms with Crippen LogP contribution in [0.25, 0.3) is 28.6 Å². The van der Waals surface area contributed by atoms with Crippen molar-refractivity contribution in [3.05, 3.63) is 77.2 Å². The van der Waals surface area contributed by atoms with Gasteiger partial charge in [-0.05, 0) is 61.0 Å². The molecule has 4 rings (SSSR count). The molecule has 4 aromatic rings. The van der Waals surface area contributed by atoms with Crippen LogP contribution < -0.4 is 5.32 Å². The van der Waals surface area contributed by atoms with Gasteiger partial charge in [0, 0.05) is 22.3 Å². The predicted octanol–water partition coefficient (Wildman–Crippen LogP) is 5.70. The van der Waals surface area contributed by atoms with E-state index in [1.807, 2.05) is 25.1 Å². The average molecular weight is 379 g/mol. The molecular weight excluding hydrogens is 364 g/mol. The maximum absolute atomic E-state index is 12.2. The quantitative estimate of drug-likeness (QED) is 0.462. The summed E-state index contributed by atoms with van der Waals surface area (Å²) >= 11 is 6.00. The van der Waals surface area contributed by atoms with E-state index < -0.39 is 0 Å². The number of furan rings is 1. The predicted molar refractivity (Wildman–Crippen MR) is 106 cm³/mol. The number of hydrogen-bond acceptors (Lipinski definition) is 4. The smallest absolute Gasteiger partial charge is 0.248 e. The molecule has 0 fully saturated rings. The van der Waals surface area contributed by atoms with Crippen LogP contribution in [-0.4, -0.2) is 10.9 Å². The Balaban J connectivity index is 1.59. The van der Waals surface area contributed by atoms with Crippen LogP contribution in [0, 0.1) is 6.92 Å². The van der Waals surface area contributed by atoms with Crippen LogP contribution in [0.2, 0.25) is 5.02 Å². The van der Waals surface area contributed by atoms with Gasteiger partial charge in [0.2, 0.25) is 11.8 Å². The summed E-state index contributed by atoms with van der Waals surface area (Å²) in [4.78, 5) is 16.7. The van der Waals surface area contributed by atoms with E-state index >= 15 is 0 Å². The first-order valence-corrected chi connectivity index (χ1v) is 8.66. The van der Waals surface area contributed by atoms with E-state index in [9.17, 15) is 4.79 Å². The van der Waals surface area contributed by atoms with Gasteiger partial charge in [0.15, 0.2) is 5.58 Å². The first-order valence-electron chi connectivity index (χ1n) is 8.28. The van der Waals surface area contributed by atoms with Crippen molar-refractivity contribution in [2.45, 2.75) is 6.92 Å². The summed E-state index contributed by atoms with van der Waals surface area (Å²) in [6.45, 7) is 1.92. The molecule has 2 aromatic heterocycles. The average Bonchev–Trinajstić information content (AvgIpc) is 3.31. The largest absolute Gasteiger partial charge is 0.465 e. The van der Waals surface area contributed by atoms with Gasteiger partial charge in [-0.15, -0.1) is 0 Å². The molecule has 5 nitrogen and oxygen atoms in total. The Morgan fingerprint density at radius 2 is 2.07 bits per heavy atom. The lowest BCUT2D eigenvalue weighted by Gasteiger charge is -2.07. The lowest BCUT2D eigenvalue weighted by Crippen LogP contribution is -2.09. The Morgan fingerprint density at radius 3 is 2.89 bits per heavy atom. The van der Waals surface area contributed by atoms with Crippen LogP contribution in [-0.2, 0) is 4.79 Å². The lowest BCUT2D eigenvalue weighted by molar-refractivity contribution is -0.111. The number of fused-ring (bicyclic) bond motifs is 1. The molecule has 6 heteroatoms. The highest BCUT2D eigenvalue weighted by molar-refractivity contribution is 6.31. The molecule has 2 heterocycles. The van der Waals surface area contributed by atoms with E-state index in [1.54, 1.807) is 42.7 Å². The second-order valence-electron chi connectivity index (χ2n) is 6.00. The third kappa shape index (κ3) is 3.78. The normalized spacial score (nSPS) is 11.3.